The standard InChI is InChI=1S/C27H32N4O3/c1-3-19-4-6-20(7-5-19)25(32)30-13-10-27(11-14-30)12-15-31(26(27)33)22-8-9-23(21(17-28)18-29)24(16-22)34-2/h4-9,16-18,28H,3,10-15,29H2,1-2H3/b21-18+,28-17?. The van der Waals surface area contributed by atoms with E-state index in [4.69, 9.17) is 15.9 Å². The second-order valence-corrected chi connectivity index (χ2v) is 8.98. The molecule has 1 spiro atoms. The van der Waals surface area contributed by atoms with Crippen molar-refractivity contribution < 1.29 is 14.3 Å². The molecule has 0 unspecified atom stereocenters. The largest absolute Gasteiger partial charge is 0.496 e. The van der Waals surface area contributed by atoms with Crippen LogP contribution >= 0.6 is 0 Å². The number of methoxy groups -OCH3 is 1. The first-order valence-corrected chi connectivity index (χ1v) is 11.8. The molecule has 2 aromatic rings. The molecule has 2 aliphatic rings. The summed E-state index contributed by atoms with van der Waals surface area (Å²) in [6.45, 7) is 3.90. The summed E-state index contributed by atoms with van der Waals surface area (Å²) in [6, 6.07) is 13.3. The van der Waals surface area contributed by atoms with Gasteiger partial charge in [0.25, 0.3) is 5.91 Å². The molecule has 3 N–H and O–H groups in total. The molecule has 7 heteroatoms. The number of nitrogens with zero attached hydrogens (tertiary/aromatic N) is 2. The predicted molar refractivity (Wildman–Crippen MR) is 134 cm³/mol. The summed E-state index contributed by atoms with van der Waals surface area (Å²) in [4.78, 5) is 30.2. The number of hydrogen-bond donors (Lipinski definition) is 2. The first kappa shape index (κ1) is 23.5. The van der Waals surface area contributed by atoms with Crippen molar-refractivity contribution >= 4 is 29.3 Å². The van der Waals surface area contributed by atoms with Gasteiger partial charge in [0, 0.05) is 60.5 Å². The number of carbonyl (C=O) groups is 2. The molecule has 0 atom stereocenters. The van der Waals surface area contributed by atoms with Crippen LogP contribution in [-0.2, 0) is 11.2 Å². The van der Waals surface area contributed by atoms with Crippen molar-refractivity contribution in [1.82, 2.24) is 4.90 Å². The zero-order valence-electron chi connectivity index (χ0n) is 19.8. The van der Waals surface area contributed by atoms with Crippen molar-refractivity contribution in [1.29, 1.82) is 5.41 Å². The Balaban J connectivity index is 1.46. The molecular formula is C27H32N4O3. The number of rotatable bonds is 6. The van der Waals surface area contributed by atoms with Gasteiger partial charge in [0.2, 0.25) is 5.91 Å². The van der Waals surface area contributed by atoms with Crippen LogP contribution in [0.25, 0.3) is 5.57 Å². The van der Waals surface area contributed by atoms with E-state index in [0.717, 1.165) is 18.5 Å². The molecule has 2 heterocycles. The highest BCUT2D eigenvalue weighted by atomic mass is 16.5. The number of anilines is 1. The minimum absolute atomic E-state index is 0.0371. The van der Waals surface area contributed by atoms with Gasteiger partial charge in [0.05, 0.1) is 12.5 Å². The van der Waals surface area contributed by atoms with E-state index in [1.807, 2.05) is 52.3 Å². The van der Waals surface area contributed by atoms with Crippen molar-refractivity contribution in [2.45, 2.75) is 32.6 Å². The Labute approximate surface area is 200 Å². The average Bonchev–Trinajstić information content (AvgIpc) is 3.20. The van der Waals surface area contributed by atoms with Gasteiger partial charge in [-0.2, -0.15) is 0 Å². The van der Waals surface area contributed by atoms with Crippen LogP contribution in [0, 0.1) is 10.8 Å². The third-order valence-corrected chi connectivity index (χ3v) is 7.27. The van der Waals surface area contributed by atoms with Gasteiger partial charge in [-0.15, -0.1) is 0 Å². The minimum Gasteiger partial charge on any atom is -0.496 e. The topological polar surface area (TPSA) is 99.7 Å². The smallest absolute Gasteiger partial charge is 0.253 e. The molecule has 2 fully saturated rings. The van der Waals surface area contributed by atoms with E-state index in [-0.39, 0.29) is 11.8 Å². The number of hydrogen-bond acceptors (Lipinski definition) is 5. The molecule has 2 amide bonds. The number of allylic oxidation sites excluding steroid dienone is 1. The van der Waals surface area contributed by atoms with Gasteiger partial charge in [0.1, 0.15) is 5.75 Å². The molecule has 34 heavy (non-hydrogen) atoms. The molecule has 2 aromatic carbocycles. The summed E-state index contributed by atoms with van der Waals surface area (Å²) in [7, 11) is 1.57. The molecule has 0 aromatic heterocycles. The number of amides is 2. The minimum atomic E-state index is -0.425. The van der Waals surface area contributed by atoms with Crippen LogP contribution < -0.4 is 15.4 Å². The average molecular weight is 461 g/mol. The molecule has 178 valence electrons. The number of likely N-dealkylation sites (tertiary alicyclic amines) is 1. The molecule has 0 saturated carbocycles. The molecule has 7 nitrogen and oxygen atoms in total. The van der Waals surface area contributed by atoms with Crippen molar-refractivity contribution in [2.24, 2.45) is 11.1 Å². The van der Waals surface area contributed by atoms with Crippen LogP contribution in [0.4, 0.5) is 5.69 Å². The lowest BCUT2D eigenvalue weighted by Gasteiger charge is -2.38. The summed E-state index contributed by atoms with van der Waals surface area (Å²) in [5, 5.41) is 7.55. The van der Waals surface area contributed by atoms with E-state index < -0.39 is 5.41 Å². The highest BCUT2D eigenvalue weighted by Gasteiger charge is 2.49. The van der Waals surface area contributed by atoms with Crippen LogP contribution in [0.5, 0.6) is 5.75 Å². The van der Waals surface area contributed by atoms with E-state index in [1.165, 1.54) is 18.0 Å². The fraction of sp³-hybridized carbons (Fsp3) is 0.370. The summed E-state index contributed by atoms with van der Waals surface area (Å²) >= 11 is 0. The SMILES string of the molecule is CCc1ccc(C(=O)N2CCC3(CC2)CCN(c2ccc(/C(C=N)=C/N)c(OC)c2)C3=O)cc1. The van der Waals surface area contributed by atoms with E-state index >= 15 is 0 Å². The zero-order valence-corrected chi connectivity index (χ0v) is 19.8. The van der Waals surface area contributed by atoms with Crippen LogP contribution in [0.15, 0.2) is 48.7 Å². The molecular weight excluding hydrogens is 428 g/mol. The van der Waals surface area contributed by atoms with Crippen LogP contribution in [0.3, 0.4) is 0 Å². The Morgan fingerprint density at radius 1 is 1.12 bits per heavy atom. The number of ether oxygens (including phenoxy) is 1. The van der Waals surface area contributed by atoms with Gasteiger partial charge in [-0.3, -0.25) is 9.59 Å². The van der Waals surface area contributed by atoms with Crippen molar-refractivity contribution in [3.63, 3.8) is 0 Å². The van der Waals surface area contributed by atoms with Crippen LogP contribution in [0.2, 0.25) is 0 Å². The fourth-order valence-electron chi connectivity index (χ4n) is 5.04. The fourth-order valence-corrected chi connectivity index (χ4v) is 5.04. The van der Waals surface area contributed by atoms with Gasteiger partial charge in [-0.05, 0) is 55.5 Å². The van der Waals surface area contributed by atoms with Gasteiger partial charge in [-0.1, -0.05) is 19.1 Å². The summed E-state index contributed by atoms with van der Waals surface area (Å²) in [6.07, 6.45) is 5.61. The van der Waals surface area contributed by atoms with Crippen molar-refractivity contribution in [3.8, 4) is 5.75 Å². The quantitative estimate of drug-likeness (QED) is 0.639. The molecule has 2 aliphatic heterocycles. The van der Waals surface area contributed by atoms with Gasteiger partial charge >= 0.3 is 0 Å². The Morgan fingerprint density at radius 3 is 2.38 bits per heavy atom. The third-order valence-electron chi connectivity index (χ3n) is 7.27. The normalized spacial score (nSPS) is 17.8. The molecule has 0 radical (unpaired) electrons. The highest BCUT2D eigenvalue weighted by molar-refractivity contribution is 6.09. The maximum atomic E-state index is 13.5. The van der Waals surface area contributed by atoms with Crippen LogP contribution in [0.1, 0.15) is 47.7 Å². The zero-order chi connectivity index (χ0) is 24.3. The van der Waals surface area contributed by atoms with E-state index in [9.17, 15) is 9.59 Å². The molecule has 0 aliphatic carbocycles. The lowest BCUT2D eigenvalue weighted by molar-refractivity contribution is -0.127. The number of benzene rings is 2. The number of nitrogens with one attached hydrogen (secondary N) is 1. The van der Waals surface area contributed by atoms with E-state index in [1.54, 1.807) is 7.11 Å². The Kier molecular flexibility index (Phi) is 6.72. The van der Waals surface area contributed by atoms with Gasteiger partial charge < -0.3 is 25.7 Å². The monoisotopic (exact) mass is 460 g/mol. The second-order valence-electron chi connectivity index (χ2n) is 8.98. The lowest BCUT2D eigenvalue weighted by atomic mass is 9.77. The molecule has 0 bridgehead atoms. The number of aryl methyl sites for hydroxylation is 1. The van der Waals surface area contributed by atoms with E-state index in [2.05, 4.69) is 6.92 Å². The van der Waals surface area contributed by atoms with E-state index in [0.29, 0.717) is 54.9 Å². The summed E-state index contributed by atoms with van der Waals surface area (Å²) in [5.41, 5.74) is 9.17. The van der Waals surface area contributed by atoms with Crippen molar-refractivity contribution in [3.05, 3.63) is 65.4 Å². The van der Waals surface area contributed by atoms with Gasteiger partial charge in [-0.25, -0.2) is 0 Å². The molecule has 4 rings (SSSR count). The first-order valence-electron chi connectivity index (χ1n) is 11.8. The maximum absolute atomic E-state index is 13.5. The predicted octanol–water partition coefficient (Wildman–Crippen LogP) is 3.87. The van der Waals surface area contributed by atoms with Crippen molar-refractivity contribution in [2.75, 3.05) is 31.6 Å². The maximum Gasteiger partial charge on any atom is 0.253 e. The molecule has 2 saturated heterocycles. The first-order chi connectivity index (χ1) is 16.5. The Bertz CT molecular complexity index is 1120. The highest BCUT2D eigenvalue weighted by Crippen LogP contribution is 2.44. The summed E-state index contributed by atoms with van der Waals surface area (Å²) < 4.78 is 5.52. The number of nitrogens with two attached hydrogens (primary N) is 1. The Hall–Kier alpha value is -3.61. The lowest BCUT2D eigenvalue weighted by Crippen LogP contribution is -2.46. The second kappa shape index (κ2) is 9.71. The summed E-state index contributed by atoms with van der Waals surface area (Å²) in [5.74, 6) is 0.722. The number of piperidine rings is 1. The third kappa shape index (κ3) is 4.18. The van der Waals surface area contributed by atoms with Gasteiger partial charge in [0.15, 0.2) is 0 Å². The Morgan fingerprint density at radius 2 is 1.79 bits per heavy atom. The number of carbonyl (C=O) groups excluding carboxylic acids is 2. The van der Waals surface area contributed by atoms with Crippen LogP contribution in [-0.4, -0.2) is 49.7 Å².